The molecule has 1 heterocycles. The quantitative estimate of drug-likeness (QED) is 0.787. The largest absolute Gasteiger partial charge is 0.320 e. The van der Waals surface area contributed by atoms with Crippen LogP contribution in [0.3, 0.4) is 0 Å². The lowest BCUT2D eigenvalue weighted by atomic mass is 10.2. The number of benzene rings is 1. The van der Waals surface area contributed by atoms with Gasteiger partial charge in [-0.25, -0.2) is 13.2 Å². The van der Waals surface area contributed by atoms with E-state index in [9.17, 15) is 18.0 Å². The number of amides is 1. The Hall–Kier alpha value is -1.56. The van der Waals surface area contributed by atoms with Gasteiger partial charge < -0.3 is 10.6 Å². The van der Waals surface area contributed by atoms with Gasteiger partial charge >= 0.3 is 0 Å². The molecule has 2 rings (SSSR count). The van der Waals surface area contributed by atoms with Crippen LogP contribution in [0.15, 0.2) is 12.1 Å². The summed E-state index contributed by atoms with van der Waals surface area (Å²) in [4.78, 5) is 12.4. The van der Waals surface area contributed by atoms with Crippen molar-refractivity contribution in [3.63, 3.8) is 0 Å². The van der Waals surface area contributed by atoms with Gasteiger partial charge in [-0.05, 0) is 6.42 Å². The summed E-state index contributed by atoms with van der Waals surface area (Å²) < 4.78 is 39.4. The predicted octanol–water partition coefficient (Wildman–Crippen LogP) is 1.17. The van der Waals surface area contributed by atoms with Crippen LogP contribution in [0.2, 0.25) is 0 Å². The average molecular weight is 230 g/mol. The SMILES string of the molecule is NC1CCN(c2c(F)cc(F)cc2F)C1=O. The zero-order valence-corrected chi connectivity index (χ0v) is 8.21. The van der Waals surface area contributed by atoms with Gasteiger partial charge in [0.25, 0.3) is 0 Å². The number of nitrogens with two attached hydrogens (primary N) is 1. The van der Waals surface area contributed by atoms with Crippen LogP contribution >= 0.6 is 0 Å². The number of anilines is 1. The lowest BCUT2D eigenvalue weighted by molar-refractivity contribution is -0.118. The number of rotatable bonds is 1. The maximum absolute atomic E-state index is 13.3. The van der Waals surface area contributed by atoms with Gasteiger partial charge in [0.1, 0.15) is 11.5 Å². The minimum atomic E-state index is -1.10. The molecule has 1 aromatic rings. The number of hydrogen-bond acceptors (Lipinski definition) is 2. The number of nitrogens with zero attached hydrogens (tertiary/aromatic N) is 1. The average Bonchev–Trinajstić information content (AvgIpc) is 2.48. The third-order valence-corrected chi connectivity index (χ3v) is 2.50. The van der Waals surface area contributed by atoms with Crippen LogP contribution in [-0.2, 0) is 4.79 Å². The highest BCUT2D eigenvalue weighted by Gasteiger charge is 2.33. The molecule has 1 aliphatic heterocycles. The van der Waals surface area contributed by atoms with Gasteiger partial charge in [0, 0.05) is 18.7 Å². The normalized spacial score (nSPS) is 20.6. The molecule has 0 spiro atoms. The molecular weight excluding hydrogens is 221 g/mol. The summed E-state index contributed by atoms with van der Waals surface area (Å²) in [6.07, 6.45) is 0.328. The van der Waals surface area contributed by atoms with Gasteiger partial charge in [0.2, 0.25) is 5.91 Å². The monoisotopic (exact) mass is 230 g/mol. The number of carbonyl (C=O) groups excluding carboxylic acids is 1. The van der Waals surface area contributed by atoms with Crippen molar-refractivity contribution < 1.29 is 18.0 Å². The van der Waals surface area contributed by atoms with Gasteiger partial charge in [-0.2, -0.15) is 0 Å². The molecule has 6 heteroatoms. The van der Waals surface area contributed by atoms with Crippen molar-refractivity contribution in [1.29, 1.82) is 0 Å². The van der Waals surface area contributed by atoms with Crippen LogP contribution in [0.25, 0.3) is 0 Å². The summed E-state index contributed by atoms with van der Waals surface area (Å²) >= 11 is 0. The van der Waals surface area contributed by atoms with E-state index in [4.69, 9.17) is 5.73 Å². The Bertz CT molecular complexity index is 427. The summed E-state index contributed by atoms with van der Waals surface area (Å²) in [7, 11) is 0. The number of hydrogen-bond donors (Lipinski definition) is 1. The van der Waals surface area contributed by atoms with Crippen molar-refractivity contribution in [3.8, 4) is 0 Å². The Morgan fingerprint density at radius 1 is 1.25 bits per heavy atom. The Kier molecular flexibility index (Phi) is 2.59. The standard InChI is InChI=1S/C10H9F3N2O/c11-5-3-6(12)9(7(13)4-5)15-2-1-8(14)10(15)16/h3-4,8H,1-2,14H2. The van der Waals surface area contributed by atoms with E-state index in [1.807, 2.05) is 0 Å². The highest BCUT2D eigenvalue weighted by molar-refractivity contribution is 5.99. The topological polar surface area (TPSA) is 46.3 Å². The van der Waals surface area contributed by atoms with Crippen molar-refractivity contribution in [2.75, 3.05) is 11.4 Å². The molecule has 0 aliphatic carbocycles. The second kappa shape index (κ2) is 3.79. The highest BCUT2D eigenvalue weighted by Crippen LogP contribution is 2.27. The van der Waals surface area contributed by atoms with Crippen molar-refractivity contribution in [2.45, 2.75) is 12.5 Å². The fraction of sp³-hybridized carbons (Fsp3) is 0.300. The van der Waals surface area contributed by atoms with E-state index in [2.05, 4.69) is 0 Å². The van der Waals surface area contributed by atoms with Gasteiger partial charge in [-0.1, -0.05) is 0 Å². The molecule has 0 bridgehead atoms. The van der Waals surface area contributed by atoms with Crippen molar-refractivity contribution in [2.24, 2.45) is 5.73 Å². The van der Waals surface area contributed by atoms with Gasteiger partial charge in [-0.15, -0.1) is 0 Å². The molecule has 1 amide bonds. The molecule has 0 aromatic heterocycles. The molecule has 0 radical (unpaired) electrons. The summed E-state index contributed by atoms with van der Waals surface area (Å²) in [6, 6.07) is 0.328. The van der Waals surface area contributed by atoms with Crippen molar-refractivity contribution in [3.05, 3.63) is 29.6 Å². The smallest absolute Gasteiger partial charge is 0.244 e. The summed E-state index contributed by atoms with van der Waals surface area (Å²) in [6.45, 7) is 0.138. The van der Waals surface area contributed by atoms with Crippen LogP contribution in [0, 0.1) is 17.5 Å². The lowest BCUT2D eigenvalue weighted by Gasteiger charge is -2.17. The summed E-state index contributed by atoms with van der Waals surface area (Å²) in [5, 5.41) is 0. The molecule has 1 fully saturated rings. The number of carbonyl (C=O) groups is 1. The maximum atomic E-state index is 13.3. The fourth-order valence-corrected chi connectivity index (χ4v) is 1.72. The molecule has 16 heavy (non-hydrogen) atoms. The van der Waals surface area contributed by atoms with Crippen LogP contribution in [0.5, 0.6) is 0 Å². The Labute approximate surface area is 89.6 Å². The third-order valence-electron chi connectivity index (χ3n) is 2.50. The molecular formula is C10H9F3N2O. The molecule has 3 nitrogen and oxygen atoms in total. The second-order valence-corrected chi connectivity index (χ2v) is 3.60. The zero-order chi connectivity index (χ0) is 11.9. The lowest BCUT2D eigenvalue weighted by Crippen LogP contribution is -2.35. The Morgan fingerprint density at radius 2 is 1.81 bits per heavy atom. The Balaban J connectivity index is 2.45. The van der Waals surface area contributed by atoms with E-state index in [-0.39, 0.29) is 6.54 Å². The van der Waals surface area contributed by atoms with E-state index in [1.54, 1.807) is 0 Å². The van der Waals surface area contributed by atoms with E-state index >= 15 is 0 Å². The first-order chi connectivity index (χ1) is 7.50. The van der Waals surface area contributed by atoms with Crippen molar-refractivity contribution >= 4 is 11.6 Å². The molecule has 86 valence electrons. The number of halogens is 3. The molecule has 1 unspecified atom stereocenters. The maximum Gasteiger partial charge on any atom is 0.244 e. The fourth-order valence-electron chi connectivity index (χ4n) is 1.72. The molecule has 1 atom stereocenters. The highest BCUT2D eigenvalue weighted by atomic mass is 19.1. The molecule has 1 saturated heterocycles. The van der Waals surface area contributed by atoms with Gasteiger partial charge in [0.15, 0.2) is 11.6 Å². The van der Waals surface area contributed by atoms with Crippen LogP contribution in [0.4, 0.5) is 18.9 Å². The first kappa shape index (κ1) is 10.9. The predicted molar refractivity (Wildman–Crippen MR) is 51.3 cm³/mol. The van der Waals surface area contributed by atoms with Gasteiger partial charge in [0.05, 0.1) is 6.04 Å². The molecule has 0 saturated carbocycles. The first-order valence-corrected chi connectivity index (χ1v) is 4.72. The van der Waals surface area contributed by atoms with E-state index in [1.165, 1.54) is 0 Å². The first-order valence-electron chi connectivity index (χ1n) is 4.72. The van der Waals surface area contributed by atoms with E-state index in [0.717, 1.165) is 4.90 Å². The summed E-state index contributed by atoms with van der Waals surface area (Å²) in [5.74, 6) is -3.76. The van der Waals surface area contributed by atoms with Crippen LogP contribution in [-0.4, -0.2) is 18.5 Å². The summed E-state index contributed by atoms with van der Waals surface area (Å²) in [5.41, 5.74) is 4.90. The van der Waals surface area contributed by atoms with Crippen LogP contribution < -0.4 is 10.6 Å². The minimum Gasteiger partial charge on any atom is -0.320 e. The molecule has 2 N–H and O–H groups in total. The van der Waals surface area contributed by atoms with Gasteiger partial charge in [-0.3, -0.25) is 4.79 Å². The molecule has 1 aromatic carbocycles. The van der Waals surface area contributed by atoms with E-state index in [0.29, 0.717) is 18.6 Å². The van der Waals surface area contributed by atoms with Crippen molar-refractivity contribution in [1.82, 2.24) is 0 Å². The van der Waals surface area contributed by atoms with E-state index < -0.39 is 35.1 Å². The molecule has 1 aliphatic rings. The zero-order valence-electron chi connectivity index (χ0n) is 8.21. The third kappa shape index (κ3) is 1.65. The second-order valence-electron chi connectivity index (χ2n) is 3.60. The Morgan fingerprint density at radius 3 is 2.25 bits per heavy atom. The van der Waals surface area contributed by atoms with Crippen LogP contribution in [0.1, 0.15) is 6.42 Å². The minimum absolute atomic E-state index is 0.138.